The Morgan fingerprint density at radius 2 is 2.11 bits per heavy atom. The van der Waals surface area contributed by atoms with Gasteiger partial charge in [0.15, 0.2) is 0 Å². The van der Waals surface area contributed by atoms with E-state index in [-0.39, 0.29) is 5.92 Å². The van der Waals surface area contributed by atoms with Crippen molar-refractivity contribution in [2.75, 3.05) is 6.54 Å². The molecule has 1 aromatic heterocycles. The van der Waals surface area contributed by atoms with Gasteiger partial charge in [0.25, 0.3) is 0 Å². The molecular formula is C15H19NO2S. The maximum atomic E-state index is 11.3. The molecule has 102 valence electrons. The number of hydrogen-bond acceptors (Lipinski definition) is 3. The topological polar surface area (TPSA) is 63.3 Å². The minimum atomic E-state index is -0.702. The van der Waals surface area contributed by atoms with E-state index >= 15 is 0 Å². The van der Waals surface area contributed by atoms with Crippen molar-refractivity contribution in [2.45, 2.75) is 25.7 Å². The van der Waals surface area contributed by atoms with Crippen LogP contribution in [0.15, 0.2) is 29.6 Å². The van der Waals surface area contributed by atoms with Crippen LogP contribution in [0.25, 0.3) is 10.1 Å². The summed E-state index contributed by atoms with van der Waals surface area (Å²) in [6.45, 7) is 0.633. The minimum absolute atomic E-state index is 0.301. The summed E-state index contributed by atoms with van der Waals surface area (Å²) < 4.78 is 1.23. The number of fused-ring (bicyclic) bond motifs is 1. The molecule has 3 N–H and O–H groups in total. The van der Waals surface area contributed by atoms with E-state index in [2.05, 4.69) is 17.5 Å². The van der Waals surface area contributed by atoms with E-state index in [4.69, 9.17) is 5.73 Å². The first-order valence-electron chi connectivity index (χ1n) is 6.60. The number of rotatable bonds is 7. The number of carboxylic acid groups (broad SMARTS) is 1. The summed E-state index contributed by atoms with van der Waals surface area (Å²) in [5.41, 5.74) is 6.61. The molecule has 1 atom stereocenters. The summed E-state index contributed by atoms with van der Waals surface area (Å²) >= 11 is 1.68. The van der Waals surface area contributed by atoms with Crippen LogP contribution in [0, 0.1) is 5.92 Å². The molecule has 0 aliphatic rings. The molecule has 0 radical (unpaired) electrons. The maximum absolute atomic E-state index is 11.3. The van der Waals surface area contributed by atoms with Gasteiger partial charge in [-0.2, -0.15) is 0 Å². The lowest BCUT2D eigenvalue weighted by atomic mass is 9.94. The van der Waals surface area contributed by atoms with Gasteiger partial charge in [-0.15, -0.1) is 11.3 Å². The SMILES string of the molecule is NCCCCC(Cc1csc2ccccc12)C(=O)O. The van der Waals surface area contributed by atoms with Gasteiger partial charge in [-0.3, -0.25) is 4.79 Å². The summed E-state index contributed by atoms with van der Waals surface area (Å²) in [5.74, 6) is -1.00. The highest BCUT2D eigenvalue weighted by molar-refractivity contribution is 7.17. The highest BCUT2D eigenvalue weighted by Crippen LogP contribution is 2.28. The number of aliphatic carboxylic acids is 1. The Morgan fingerprint density at radius 1 is 1.32 bits per heavy atom. The molecule has 1 aromatic carbocycles. The predicted molar refractivity (Wildman–Crippen MR) is 79.6 cm³/mol. The lowest BCUT2D eigenvalue weighted by molar-refractivity contribution is -0.141. The van der Waals surface area contributed by atoms with E-state index in [0.29, 0.717) is 19.4 Å². The van der Waals surface area contributed by atoms with E-state index in [0.717, 1.165) is 18.4 Å². The van der Waals surface area contributed by atoms with E-state index < -0.39 is 5.97 Å². The Balaban J connectivity index is 2.10. The largest absolute Gasteiger partial charge is 0.481 e. The average Bonchev–Trinajstić information content (AvgIpc) is 2.81. The zero-order chi connectivity index (χ0) is 13.7. The third-order valence-electron chi connectivity index (χ3n) is 3.38. The Morgan fingerprint density at radius 3 is 2.84 bits per heavy atom. The van der Waals surface area contributed by atoms with Gasteiger partial charge in [-0.25, -0.2) is 0 Å². The number of hydrogen-bond donors (Lipinski definition) is 2. The van der Waals surface area contributed by atoms with Gasteiger partial charge in [0.2, 0.25) is 0 Å². The Bertz CT molecular complexity index is 550. The predicted octanol–water partition coefficient (Wildman–Crippen LogP) is 3.27. The van der Waals surface area contributed by atoms with Crippen molar-refractivity contribution in [1.82, 2.24) is 0 Å². The van der Waals surface area contributed by atoms with Crippen molar-refractivity contribution < 1.29 is 9.90 Å². The van der Waals surface area contributed by atoms with Crippen molar-refractivity contribution in [3.05, 3.63) is 35.2 Å². The van der Waals surface area contributed by atoms with Gasteiger partial charge in [-0.05, 0) is 48.2 Å². The van der Waals surface area contributed by atoms with Crippen molar-refractivity contribution in [2.24, 2.45) is 11.7 Å². The number of unbranched alkanes of at least 4 members (excludes halogenated alkanes) is 1. The molecule has 1 heterocycles. The van der Waals surface area contributed by atoms with Gasteiger partial charge < -0.3 is 10.8 Å². The minimum Gasteiger partial charge on any atom is -0.481 e. The fraction of sp³-hybridized carbons (Fsp3) is 0.400. The molecular weight excluding hydrogens is 258 g/mol. The van der Waals surface area contributed by atoms with E-state index in [9.17, 15) is 9.90 Å². The number of carbonyl (C=O) groups is 1. The zero-order valence-corrected chi connectivity index (χ0v) is 11.7. The second kappa shape index (κ2) is 6.68. The third-order valence-corrected chi connectivity index (χ3v) is 4.40. The Labute approximate surface area is 117 Å². The molecule has 0 saturated carbocycles. The third kappa shape index (κ3) is 3.55. The van der Waals surface area contributed by atoms with Crippen molar-refractivity contribution in [1.29, 1.82) is 0 Å². The molecule has 0 amide bonds. The molecule has 0 bridgehead atoms. The zero-order valence-electron chi connectivity index (χ0n) is 10.8. The first kappa shape index (κ1) is 14.0. The van der Waals surface area contributed by atoms with Crippen LogP contribution in [-0.4, -0.2) is 17.6 Å². The van der Waals surface area contributed by atoms with Crippen LogP contribution in [0.2, 0.25) is 0 Å². The Kier molecular flexibility index (Phi) is 4.93. The molecule has 2 rings (SSSR count). The second-order valence-electron chi connectivity index (χ2n) is 4.78. The van der Waals surface area contributed by atoms with Crippen molar-refractivity contribution in [3.63, 3.8) is 0 Å². The molecule has 2 aromatic rings. The number of nitrogens with two attached hydrogens (primary N) is 1. The highest BCUT2D eigenvalue weighted by atomic mass is 32.1. The summed E-state index contributed by atoms with van der Waals surface area (Å²) in [5, 5.41) is 12.6. The molecule has 1 unspecified atom stereocenters. The summed E-state index contributed by atoms with van der Waals surface area (Å²) in [6.07, 6.45) is 3.10. The fourth-order valence-corrected chi connectivity index (χ4v) is 3.28. The molecule has 0 fully saturated rings. The number of carboxylic acids is 1. The van der Waals surface area contributed by atoms with Gasteiger partial charge >= 0.3 is 5.97 Å². The van der Waals surface area contributed by atoms with Crippen LogP contribution in [-0.2, 0) is 11.2 Å². The first-order valence-corrected chi connectivity index (χ1v) is 7.48. The van der Waals surface area contributed by atoms with Crippen molar-refractivity contribution >= 4 is 27.4 Å². The molecule has 0 spiro atoms. The molecule has 0 aliphatic heterocycles. The summed E-state index contributed by atoms with van der Waals surface area (Å²) in [6, 6.07) is 8.16. The van der Waals surface area contributed by atoms with Gasteiger partial charge in [0, 0.05) is 4.70 Å². The molecule has 0 aliphatic carbocycles. The van der Waals surface area contributed by atoms with E-state index in [1.54, 1.807) is 11.3 Å². The molecule has 0 saturated heterocycles. The number of benzene rings is 1. The van der Waals surface area contributed by atoms with Crippen LogP contribution in [0.1, 0.15) is 24.8 Å². The van der Waals surface area contributed by atoms with Crippen molar-refractivity contribution in [3.8, 4) is 0 Å². The van der Waals surface area contributed by atoms with E-state index in [1.807, 2.05) is 12.1 Å². The first-order chi connectivity index (χ1) is 9.22. The summed E-state index contributed by atoms with van der Waals surface area (Å²) in [4.78, 5) is 11.3. The van der Waals surface area contributed by atoms with Gasteiger partial charge in [0.1, 0.15) is 0 Å². The standard InChI is InChI=1S/C15H19NO2S/c16-8-4-3-5-11(15(17)18)9-12-10-19-14-7-2-1-6-13(12)14/h1-2,6-7,10-11H,3-5,8-9,16H2,(H,17,18). The maximum Gasteiger partial charge on any atom is 0.306 e. The smallest absolute Gasteiger partial charge is 0.306 e. The highest BCUT2D eigenvalue weighted by Gasteiger charge is 2.19. The quantitative estimate of drug-likeness (QED) is 0.763. The monoisotopic (exact) mass is 277 g/mol. The Hall–Kier alpha value is -1.39. The van der Waals surface area contributed by atoms with E-state index in [1.165, 1.54) is 10.1 Å². The average molecular weight is 277 g/mol. The van der Waals surface area contributed by atoms with Crippen LogP contribution >= 0.6 is 11.3 Å². The summed E-state index contributed by atoms with van der Waals surface area (Å²) in [7, 11) is 0. The molecule has 3 nitrogen and oxygen atoms in total. The molecule has 19 heavy (non-hydrogen) atoms. The van der Waals surface area contributed by atoms with Gasteiger partial charge in [-0.1, -0.05) is 24.6 Å². The van der Waals surface area contributed by atoms with Crippen LogP contribution < -0.4 is 5.73 Å². The van der Waals surface area contributed by atoms with Crippen LogP contribution in [0.3, 0.4) is 0 Å². The normalized spacial score (nSPS) is 12.7. The second-order valence-corrected chi connectivity index (χ2v) is 5.69. The van der Waals surface area contributed by atoms with Gasteiger partial charge in [0.05, 0.1) is 5.92 Å². The lowest BCUT2D eigenvalue weighted by Gasteiger charge is -2.11. The lowest BCUT2D eigenvalue weighted by Crippen LogP contribution is -2.16. The van der Waals surface area contributed by atoms with Crippen LogP contribution in [0.5, 0.6) is 0 Å². The number of thiophene rings is 1. The fourth-order valence-electron chi connectivity index (χ4n) is 2.30. The van der Waals surface area contributed by atoms with Crippen LogP contribution in [0.4, 0.5) is 0 Å². The molecule has 4 heteroatoms.